The highest BCUT2D eigenvalue weighted by Gasteiger charge is 2.06. The largest absolute Gasteiger partial charge is 0.0654 e. The summed E-state index contributed by atoms with van der Waals surface area (Å²) in [6, 6.07) is 0. The molecule has 0 spiro atoms. The van der Waals surface area contributed by atoms with Crippen LogP contribution in [0, 0.1) is 5.92 Å². The van der Waals surface area contributed by atoms with Crippen LogP contribution in [-0.4, -0.2) is 0 Å². The summed E-state index contributed by atoms with van der Waals surface area (Å²) in [7, 11) is 0. The van der Waals surface area contributed by atoms with E-state index in [-0.39, 0.29) is 0 Å². The van der Waals surface area contributed by atoms with E-state index in [0.717, 1.165) is 0 Å². The molecule has 1 radical (unpaired) electrons. The molecule has 0 heteroatoms. The third-order valence-corrected chi connectivity index (χ3v) is 4.02. The SMILES string of the molecule is CCCCCCCC[C](CC)CCCCCCC. The number of rotatable bonds is 14. The molecule has 0 N–H and O–H groups in total. The second kappa shape index (κ2) is 15.1. The predicted molar refractivity (Wildman–Crippen MR) is 84.9 cm³/mol. The Morgan fingerprint density at radius 3 is 1.28 bits per heavy atom. The predicted octanol–water partition coefficient (Wildman–Crippen LogP) is 7.08. The van der Waals surface area contributed by atoms with Gasteiger partial charge < -0.3 is 0 Å². The van der Waals surface area contributed by atoms with E-state index < -0.39 is 0 Å². The molecule has 0 heterocycles. The van der Waals surface area contributed by atoms with Crippen LogP contribution in [0.1, 0.15) is 111 Å². The van der Waals surface area contributed by atoms with Gasteiger partial charge in [0.15, 0.2) is 0 Å². The normalized spacial score (nSPS) is 11.3. The summed E-state index contributed by atoms with van der Waals surface area (Å²) >= 11 is 0. The Bertz CT molecular complexity index is 139. The Kier molecular flexibility index (Phi) is 15.1. The fraction of sp³-hybridized carbons (Fsp3) is 0.944. The molecule has 0 nitrogen and oxygen atoms in total. The second-order valence-electron chi connectivity index (χ2n) is 5.79. The first-order valence-electron chi connectivity index (χ1n) is 8.68. The average molecular weight is 253 g/mol. The van der Waals surface area contributed by atoms with Gasteiger partial charge in [-0.3, -0.25) is 0 Å². The van der Waals surface area contributed by atoms with Crippen molar-refractivity contribution in [3.63, 3.8) is 0 Å². The molecule has 0 amide bonds. The summed E-state index contributed by atoms with van der Waals surface area (Å²) in [6.45, 7) is 6.93. The van der Waals surface area contributed by atoms with Gasteiger partial charge in [0.1, 0.15) is 0 Å². The van der Waals surface area contributed by atoms with Crippen molar-refractivity contribution >= 4 is 0 Å². The Morgan fingerprint density at radius 2 is 0.889 bits per heavy atom. The third kappa shape index (κ3) is 12.5. The van der Waals surface area contributed by atoms with E-state index in [0.29, 0.717) is 0 Å². The molecule has 0 atom stereocenters. The number of unbranched alkanes of at least 4 members (excludes halogenated alkanes) is 9. The van der Waals surface area contributed by atoms with Crippen molar-refractivity contribution in [3.05, 3.63) is 5.92 Å². The topological polar surface area (TPSA) is 0 Å². The lowest BCUT2D eigenvalue weighted by molar-refractivity contribution is 0.544. The summed E-state index contributed by atoms with van der Waals surface area (Å²) in [5, 5.41) is 0. The van der Waals surface area contributed by atoms with Gasteiger partial charge in [-0.25, -0.2) is 0 Å². The van der Waals surface area contributed by atoms with Crippen LogP contribution in [0.2, 0.25) is 0 Å². The quantitative estimate of drug-likeness (QED) is 0.290. The first kappa shape index (κ1) is 18.0. The minimum atomic E-state index is 1.32. The monoisotopic (exact) mass is 253 g/mol. The van der Waals surface area contributed by atoms with Crippen LogP contribution in [-0.2, 0) is 0 Å². The number of hydrogen-bond donors (Lipinski definition) is 0. The van der Waals surface area contributed by atoms with Crippen LogP contribution in [0.4, 0.5) is 0 Å². The van der Waals surface area contributed by atoms with Gasteiger partial charge in [0.05, 0.1) is 0 Å². The van der Waals surface area contributed by atoms with Gasteiger partial charge >= 0.3 is 0 Å². The molecular formula is C18H37. The second-order valence-corrected chi connectivity index (χ2v) is 5.79. The molecule has 0 aromatic carbocycles. The highest BCUT2D eigenvalue weighted by atomic mass is 14.1. The van der Waals surface area contributed by atoms with Crippen LogP contribution in [0.15, 0.2) is 0 Å². The molecule has 109 valence electrons. The van der Waals surface area contributed by atoms with Gasteiger partial charge in [-0.15, -0.1) is 0 Å². The minimum Gasteiger partial charge on any atom is -0.0654 e. The summed E-state index contributed by atoms with van der Waals surface area (Å²) in [6.07, 6.45) is 19.9. The zero-order valence-corrected chi connectivity index (χ0v) is 13.4. The molecule has 0 saturated carbocycles. The van der Waals surface area contributed by atoms with Gasteiger partial charge in [-0.1, -0.05) is 91.4 Å². The Labute approximate surface area is 117 Å². The lowest BCUT2D eigenvalue weighted by Gasteiger charge is -2.13. The summed E-state index contributed by atoms with van der Waals surface area (Å²) in [5.41, 5.74) is 0. The van der Waals surface area contributed by atoms with Crippen LogP contribution >= 0.6 is 0 Å². The molecular weight excluding hydrogens is 216 g/mol. The average Bonchev–Trinajstić information content (AvgIpc) is 2.40. The van der Waals surface area contributed by atoms with Gasteiger partial charge in [-0.2, -0.15) is 0 Å². The van der Waals surface area contributed by atoms with E-state index in [1.54, 1.807) is 0 Å². The van der Waals surface area contributed by atoms with Crippen molar-refractivity contribution in [3.8, 4) is 0 Å². The zero-order chi connectivity index (χ0) is 13.5. The van der Waals surface area contributed by atoms with Crippen LogP contribution in [0.5, 0.6) is 0 Å². The standard InChI is InChI=1S/C18H37/c1-4-7-9-11-13-15-17-18(6-3)16-14-12-10-8-5-2/h4-17H2,1-3H3. The lowest BCUT2D eigenvalue weighted by atomic mass is 9.92. The van der Waals surface area contributed by atoms with E-state index in [4.69, 9.17) is 0 Å². The zero-order valence-electron chi connectivity index (χ0n) is 13.4. The van der Waals surface area contributed by atoms with Crippen molar-refractivity contribution < 1.29 is 0 Å². The van der Waals surface area contributed by atoms with Crippen molar-refractivity contribution in [1.29, 1.82) is 0 Å². The molecule has 0 aliphatic heterocycles. The van der Waals surface area contributed by atoms with Crippen molar-refractivity contribution in [2.24, 2.45) is 0 Å². The van der Waals surface area contributed by atoms with Crippen molar-refractivity contribution in [2.75, 3.05) is 0 Å². The summed E-state index contributed by atoms with van der Waals surface area (Å²) < 4.78 is 0. The summed E-state index contributed by atoms with van der Waals surface area (Å²) in [5.74, 6) is 1.84. The van der Waals surface area contributed by atoms with Crippen molar-refractivity contribution in [1.82, 2.24) is 0 Å². The smallest absolute Gasteiger partial charge is 0.0244 e. The van der Waals surface area contributed by atoms with Gasteiger partial charge in [0, 0.05) is 0 Å². The summed E-state index contributed by atoms with van der Waals surface area (Å²) in [4.78, 5) is 0. The van der Waals surface area contributed by atoms with E-state index >= 15 is 0 Å². The van der Waals surface area contributed by atoms with Crippen molar-refractivity contribution in [2.45, 2.75) is 111 Å². The highest BCUT2D eigenvalue weighted by molar-refractivity contribution is 4.87. The van der Waals surface area contributed by atoms with E-state index in [1.807, 2.05) is 5.92 Å². The Morgan fingerprint density at radius 1 is 0.500 bits per heavy atom. The lowest BCUT2D eigenvalue weighted by Crippen LogP contribution is -1.96. The van der Waals surface area contributed by atoms with Crippen LogP contribution in [0.25, 0.3) is 0 Å². The third-order valence-electron chi connectivity index (χ3n) is 4.02. The highest BCUT2D eigenvalue weighted by Crippen LogP contribution is 2.23. The Balaban J connectivity index is 3.29. The molecule has 0 aromatic heterocycles. The van der Waals surface area contributed by atoms with E-state index in [1.165, 1.54) is 89.9 Å². The molecule has 0 aliphatic rings. The molecule has 0 bridgehead atoms. The maximum absolute atomic E-state index is 2.35. The fourth-order valence-corrected chi connectivity index (χ4v) is 2.61. The van der Waals surface area contributed by atoms with Crippen LogP contribution in [0.3, 0.4) is 0 Å². The maximum Gasteiger partial charge on any atom is -0.0244 e. The Hall–Kier alpha value is 0. The molecule has 0 saturated heterocycles. The van der Waals surface area contributed by atoms with E-state index in [9.17, 15) is 0 Å². The molecule has 0 unspecified atom stereocenters. The van der Waals surface area contributed by atoms with Gasteiger partial charge in [-0.05, 0) is 25.2 Å². The first-order chi connectivity index (χ1) is 8.85. The first-order valence-corrected chi connectivity index (χ1v) is 8.68. The maximum atomic E-state index is 2.35. The molecule has 0 fully saturated rings. The minimum absolute atomic E-state index is 1.32. The molecule has 0 aliphatic carbocycles. The van der Waals surface area contributed by atoms with Gasteiger partial charge in [0.25, 0.3) is 0 Å². The van der Waals surface area contributed by atoms with Gasteiger partial charge in [0.2, 0.25) is 0 Å². The van der Waals surface area contributed by atoms with E-state index in [2.05, 4.69) is 20.8 Å². The molecule has 0 rings (SSSR count). The molecule has 0 aromatic rings. The molecule has 18 heavy (non-hydrogen) atoms. The fourth-order valence-electron chi connectivity index (χ4n) is 2.61. The number of hydrogen-bond acceptors (Lipinski definition) is 0. The van der Waals surface area contributed by atoms with Crippen LogP contribution < -0.4 is 0 Å².